The van der Waals surface area contributed by atoms with Crippen molar-refractivity contribution < 1.29 is 22.3 Å². The second kappa shape index (κ2) is 7.32. The van der Waals surface area contributed by atoms with Gasteiger partial charge in [0.25, 0.3) is 0 Å². The summed E-state index contributed by atoms with van der Waals surface area (Å²) < 4.78 is 50.1. The van der Waals surface area contributed by atoms with E-state index in [0.29, 0.717) is 12.4 Å². The van der Waals surface area contributed by atoms with E-state index < -0.39 is 26.6 Å². The first-order chi connectivity index (χ1) is 12.3. The Morgan fingerprint density at radius 2 is 1.96 bits per heavy atom. The SMILES string of the molecule is Cn1ccnc1C(O)C1CCCN(c2ccc(S(=O)(=O)C(F)F)cc2)C1. The van der Waals surface area contributed by atoms with Gasteiger partial charge in [0, 0.05) is 44.1 Å². The smallest absolute Gasteiger partial charge is 0.341 e. The van der Waals surface area contributed by atoms with Crippen LogP contribution >= 0.6 is 0 Å². The van der Waals surface area contributed by atoms with E-state index in [-0.39, 0.29) is 5.92 Å². The highest BCUT2D eigenvalue weighted by atomic mass is 32.2. The fourth-order valence-electron chi connectivity index (χ4n) is 3.32. The molecule has 0 radical (unpaired) electrons. The quantitative estimate of drug-likeness (QED) is 0.855. The summed E-state index contributed by atoms with van der Waals surface area (Å²) in [5, 5.41) is 10.6. The summed E-state index contributed by atoms with van der Waals surface area (Å²) in [7, 11) is -2.76. The van der Waals surface area contributed by atoms with E-state index in [0.717, 1.165) is 25.1 Å². The lowest BCUT2D eigenvalue weighted by molar-refractivity contribution is 0.0875. The highest BCUT2D eigenvalue weighted by molar-refractivity contribution is 7.91. The normalized spacial score (nSPS) is 19.7. The topological polar surface area (TPSA) is 75.4 Å². The molecule has 0 spiro atoms. The molecule has 0 saturated carbocycles. The van der Waals surface area contributed by atoms with Gasteiger partial charge in [-0.1, -0.05) is 0 Å². The summed E-state index contributed by atoms with van der Waals surface area (Å²) in [6.07, 6.45) is 4.44. The molecule has 6 nitrogen and oxygen atoms in total. The molecule has 2 atom stereocenters. The highest BCUT2D eigenvalue weighted by Crippen LogP contribution is 2.32. The Hall–Kier alpha value is -2.00. The highest BCUT2D eigenvalue weighted by Gasteiger charge is 2.30. The van der Waals surface area contributed by atoms with E-state index in [2.05, 4.69) is 4.98 Å². The predicted molar refractivity (Wildman–Crippen MR) is 92.7 cm³/mol. The monoisotopic (exact) mass is 385 g/mol. The summed E-state index contributed by atoms with van der Waals surface area (Å²) in [5.74, 6) is -2.84. The number of nitrogens with zero attached hydrogens (tertiary/aromatic N) is 3. The third-order valence-electron chi connectivity index (χ3n) is 4.79. The number of imidazole rings is 1. The molecule has 1 aliphatic heterocycles. The molecule has 0 amide bonds. The third-order valence-corrected chi connectivity index (χ3v) is 6.19. The fourth-order valence-corrected chi connectivity index (χ4v) is 4.05. The van der Waals surface area contributed by atoms with Crippen LogP contribution < -0.4 is 4.90 Å². The van der Waals surface area contributed by atoms with Crippen LogP contribution in [0.3, 0.4) is 0 Å². The van der Waals surface area contributed by atoms with Gasteiger partial charge in [0.05, 0.1) is 4.90 Å². The number of aliphatic hydroxyl groups excluding tert-OH is 1. The van der Waals surface area contributed by atoms with Gasteiger partial charge in [0.2, 0.25) is 9.84 Å². The van der Waals surface area contributed by atoms with Crippen molar-refractivity contribution >= 4 is 15.5 Å². The van der Waals surface area contributed by atoms with Gasteiger partial charge in [-0.15, -0.1) is 0 Å². The Morgan fingerprint density at radius 1 is 1.27 bits per heavy atom. The lowest BCUT2D eigenvalue weighted by Gasteiger charge is -2.36. The maximum absolute atomic E-state index is 12.6. The number of aryl methyl sites for hydroxylation is 1. The van der Waals surface area contributed by atoms with Crippen molar-refractivity contribution in [2.75, 3.05) is 18.0 Å². The summed E-state index contributed by atoms with van der Waals surface area (Å²) in [6, 6.07) is 5.47. The molecule has 3 rings (SSSR count). The van der Waals surface area contributed by atoms with Crippen LogP contribution in [-0.4, -0.2) is 41.9 Å². The van der Waals surface area contributed by atoms with Gasteiger partial charge >= 0.3 is 5.76 Å². The maximum atomic E-state index is 12.6. The predicted octanol–water partition coefficient (Wildman–Crippen LogP) is 2.37. The molecule has 2 aromatic rings. The zero-order valence-corrected chi connectivity index (χ0v) is 15.1. The van der Waals surface area contributed by atoms with Crippen molar-refractivity contribution in [3.8, 4) is 0 Å². The second-order valence-corrected chi connectivity index (χ2v) is 8.41. The molecule has 2 heterocycles. The van der Waals surface area contributed by atoms with Crippen LogP contribution in [0.1, 0.15) is 24.8 Å². The number of alkyl halides is 2. The zero-order chi connectivity index (χ0) is 18.9. The van der Waals surface area contributed by atoms with Crippen LogP contribution in [0.2, 0.25) is 0 Å². The summed E-state index contributed by atoms with van der Waals surface area (Å²) in [6.45, 7) is 1.33. The van der Waals surface area contributed by atoms with E-state index in [4.69, 9.17) is 0 Å². The molecule has 1 aromatic carbocycles. The lowest BCUT2D eigenvalue weighted by Crippen LogP contribution is -2.38. The van der Waals surface area contributed by atoms with E-state index in [9.17, 15) is 22.3 Å². The first kappa shape index (κ1) is 18.8. The standard InChI is InChI=1S/C17H21F2N3O3S/c1-21-10-8-20-16(21)15(23)12-3-2-9-22(11-12)13-4-6-14(7-5-13)26(24,25)17(18)19/h4-8,10,12,15,17,23H,2-3,9,11H2,1H3. The molecule has 9 heteroatoms. The second-order valence-electron chi connectivity index (χ2n) is 6.49. The van der Waals surface area contributed by atoms with Crippen molar-refractivity contribution in [3.05, 3.63) is 42.5 Å². The Bertz CT molecular complexity index is 852. The van der Waals surface area contributed by atoms with Crippen LogP contribution in [-0.2, 0) is 16.9 Å². The average Bonchev–Trinajstić information content (AvgIpc) is 3.07. The van der Waals surface area contributed by atoms with Crippen molar-refractivity contribution in [1.82, 2.24) is 9.55 Å². The number of piperidine rings is 1. The molecule has 1 fully saturated rings. The molecule has 1 saturated heterocycles. The van der Waals surface area contributed by atoms with Gasteiger partial charge in [-0.25, -0.2) is 13.4 Å². The van der Waals surface area contributed by atoms with E-state index in [1.54, 1.807) is 17.0 Å². The zero-order valence-electron chi connectivity index (χ0n) is 14.3. The average molecular weight is 385 g/mol. The van der Waals surface area contributed by atoms with Crippen molar-refractivity contribution in [2.45, 2.75) is 29.6 Å². The number of aromatic nitrogens is 2. The molecule has 26 heavy (non-hydrogen) atoms. The van der Waals surface area contributed by atoms with E-state index >= 15 is 0 Å². The molecular weight excluding hydrogens is 364 g/mol. The number of rotatable bonds is 5. The lowest BCUT2D eigenvalue weighted by atomic mass is 9.91. The Kier molecular flexibility index (Phi) is 5.29. The van der Waals surface area contributed by atoms with E-state index in [1.807, 2.05) is 11.9 Å². The molecule has 142 valence electrons. The number of hydrogen-bond acceptors (Lipinski definition) is 5. The third kappa shape index (κ3) is 3.59. The molecule has 0 aliphatic carbocycles. The van der Waals surface area contributed by atoms with Gasteiger partial charge in [0.15, 0.2) is 0 Å². The summed E-state index contributed by atoms with van der Waals surface area (Å²) in [5.41, 5.74) is 0.745. The number of hydrogen-bond donors (Lipinski definition) is 1. The first-order valence-electron chi connectivity index (χ1n) is 8.33. The minimum absolute atomic E-state index is 0.0191. The Labute approximate surface area is 151 Å². The van der Waals surface area contributed by atoms with Crippen molar-refractivity contribution in [3.63, 3.8) is 0 Å². The first-order valence-corrected chi connectivity index (χ1v) is 9.87. The molecule has 2 unspecified atom stereocenters. The van der Waals surface area contributed by atoms with Gasteiger partial charge in [-0.3, -0.25) is 0 Å². The van der Waals surface area contributed by atoms with Gasteiger partial charge in [-0.2, -0.15) is 8.78 Å². The largest absolute Gasteiger partial charge is 0.385 e. The van der Waals surface area contributed by atoms with Gasteiger partial charge in [0.1, 0.15) is 11.9 Å². The van der Waals surface area contributed by atoms with Gasteiger partial charge in [-0.05, 0) is 37.1 Å². The summed E-state index contributed by atoms with van der Waals surface area (Å²) >= 11 is 0. The molecule has 0 bridgehead atoms. The van der Waals surface area contributed by atoms with E-state index in [1.165, 1.54) is 24.3 Å². The number of anilines is 1. The van der Waals surface area contributed by atoms with Crippen LogP contribution in [0.15, 0.2) is 41.6 Å². The van der Waals surface area contributed by atoms with Crippen LogP contribution in [0, 0.1) is 5.92 Å². The maximum Gasteiger partial charge on any atom is 0.341 e. The van der Waals surface area contributed by atoms with Crippen LogP contribution in [0.5, 0.6) is 0 Å². The molecular formula is C17H21F2N3O3S. The Morgan fingerprint density at radius 3 is 2.54 bits per heavy atom. The number of halogens is 2. The fraction of sp³-hybridized carbons (Fsp3) is 0.471. The minimum atomic E-state index is -4.59. The number of sulfone groups is 1. The molecule has 1 aliphatic rings. The van der Waals surface area contributed by atoms with Gasteiger partial charge < -0.3 is 14.6 Å². The van der Waals surface area contributed by atoms with Crippen LogP contribution in [0.25, 0.3) is 0 Å². The number of aliphatic hydroxyl groups is 1. The molecule has 1 N–H and O–H groups in total. The summed E-state index contributed by atoms with van der Waals surface area (Å²) in [4.78, 5) is 5.84. The van der Waals surface area contributed by atoms with Crippen LogP contribution in [0.4, 0.5) is 14.5 Å². The van der Waals surface area contributed by atoms with Crippen molar-refractivity contribution in [1.29, 1.82) is 0 Å². The Balaban J connectivity index is 1.75. The van der Waals surface area contributed by atoms with Crippen molar-refractivity contribution in [2.24, 2.45) is 13.0 Å². The minimum Gasteiger partial charge on any atom is -0.385 e. The molecule has 1 aromatic heterocycles. The number of benzene rings is 1.